The Balaban J connectivity index is 1.72. The first-order chi connectivity index (χ1) is 32.5. The van der Waals surface area contributed by atoms with Crippen molar-refractivity contribution in [3.8, 4) is 0 Å². The van der Waals surface area contributed by atoms with Crippen molar-refractivity contribution in [3.05, 3.63) is 94.7 Å². The molecule has 0 fully saturated rings. The number of fused-ring (bicyclic) bond motifs is 2. The Labute approximate surface area is 409 Å². The highest BCUT2D eigenvalue weighted by molar-refractivity contribution is 7.86. The van der Waals surface area contributed by atoms with Crippen molar-refractivity contribution >= 4 is 75.2 Å². The predicted molar refractivity (Wildman–Crippen MR) is 251 cm³/mol. The number of unbranched alkanes of at least 4 members (excludes halogenated alkanes) is 2. The van der Waals surface area contributed by atoms with Gasteiger partial charge in [-0.3, -0.25) is 28.0 Å². The quantitative estimate of drug-likeness (QED) is 0.0444. The Morgan fingerprint density at radius 1 is 0.789 bits per heavy atom. The summed E-state index contributed by atoms with van der Waals surface area (Å²) in [6.07, 6.45) is -0.287. The number of carbonyl (C=O) groups is 3. The van der Waals surface area contributed by atoms with E-state index in [4.69, 9.17) is 5.11 Å². The fraction of sp³-hybridized carbons (Fsp3) is 0.467. The number of aliphatic carboxylic acids is 1. The Bertz CT molecular complexity index is 3120. The largest absolute Gasteiger partial charge is 0.748 e. The van der Waals surface area contributed by atoms with Gasteiger partial charge in [-0.15, -0.1) is 0 Å². The van der Waals surface area contributed by atoms with Gasteiger partial charge in [-0.2, -0.15) is 43.0 Å². The normalized spacial score (nSPS) is 20.4. The fourth-order valence-electron chi connectivity index (χ4n) is 9.25. The van der Waals surface area contributed by atoms with E-state index in [1.807, 2.05) is 0 Å². The lowest BCUT2D eigenvalue weighted by molar-refractivity contribution is -0.437. The maximum atomic E-state index is 14.8. The van der Waals surface area contributed by atoms with E-state index in [1.165, 1.54) is 54.6 Å². The second-order valence-corrected chi connectivity index (χ2v) is 24.5. The van der Waals surface area contributed by atoms with Crippen molar-refractivity contribution in [2.24, 2.45) is 5.41 Å². The molecule has 5 N–H and O–H groups in total. The average Bonchev–Trinajstić information content (AvgIpc) is 3.57. The van der Waals surface area contributed by atoms with Gasteiger partial charge in [0.15, 0.2) is 5.71 Å². The number of carbonyl (C=O) groups excluding carboxylic acids is 2. The number of carboxylic acid groups (broad SMARTS) is 1. The van der Waals surface area contributed by atoms with Crippen molar-refractivity contribution in [1.82, 2.24) is 5.32 Å². The number of ketones is 1. The van der Waals surface area contributed by atoms with E-state index >= 15 is 0 Å². The van der Waals surface area contributed by atoms with Crippen LogP contribution in [-0.2, 0) is 65.7 Å². The lowest BCUT2D eigenvalue weighted by Gasteiger charge is -2.35. The summed E-state index contributed by atoms with van der Waals surface area (Å²) in [5.41, 5.74) is -3.31. The summed E-state index contributed by atoms with van der Waals surface area (Å²) in [5.74, 6) is -6.27. The summed E-state index contributed by atoms with van der Waals surface area (Å²) in [6.45, 7) is 6.09. The topological polar surface area (TPSA) is 310 Å². The van der Waals surface area contributed by atoms with Crippen molar-refractivity contribution in [3.63, 3.8) is 0 Å². The lowest BCUT2D eigenvalue weighted by Crippen LogP contribution is -2.52. The van der Waals surface area contributed by atoms with Crippen LogP contribution in [0.25, 0.3) is 0 Å². The van der Waals surface area contributed by atoms with Gasteiger partial charge in [-0.1, -0.05) is 38.5 Å². The number of allylic oxidation sites excluding steroid dienone is 8. The molecule has 2 aromatic rings. The second-order valence-electron chi connectivity index (χ2n) is 18.6. The van der Waals surface area contributed by atoms with Gasteiger partial charge in [-0.05, 0) is 99.1 Å². The van der Waals surface area contributed by atoms with E-state index in [9.17, 15) is 79.4 Å². The number of Topliss-reactive ketones (excluding diaryl/α,β-unsaturated/α-hetero) is 1. The molecule has 5 rings (SSSR count). The van der Waals surface area contributed by atoms with Gasteiger partial charge in [0.1, 0.15) is 12.0 Å². The van der Waals surface area contributed by atoms with Crippen LogP contribution < -0.4 is 10.2 Å². The standard InChI is InChI=1S/C45H54F3N3O16S4/c1-42(2)33-25-31(70(62,63)64)13-15-35(33)50(20-8-22-68(56,57)58)37(42)17-11-29-24-30(28-44(27-29,40(54)45(46,47)48)41(55)49-19-7-5-6-10-39(52)53)12-18-38-43(3,4)34-26-32(71(65,66)67)14-16-36(34)51(38)21-9-23-69(59,60)61/h11-18,24-26H,5-10,19-23,27-28H2,1-4H3,(H5-,49,52,53,55,56,57,58,59,60,61,62,63,64,65,66,67). The number of nitrogens with one attached hydrogen (secondary N) is 1. The number of hydrogen-bond donors (Lipinski definition) is 5. The molecule has 71 heavy (non-hydrogen) atoms. The van der Waals surface area contributed by atoms with Gasteiger partial charge < -0.3 is 19.9 Å². The average molecular weight is 1080 g/mol. The van der Waals surface area contributed by atoms with Gasteiger partial charge in [-0.25, -0.2) is 8.42 Å². The third-order valence-electron chi connectivity index (χ3n) is 12.7. The molecule has 0 saturated carbocycles. The highest BCUT2D eigenvalue weighted by atomic mass is 32.2. The number of nitrogens with zero attached hydrogens (tertiary/aromatic N) is 2. The third kappa shape index (κ3) is 13.5. The number of halogens is 3. The summed E-state index contributed by atoms with van der Waals surface area (Å²) in [4.78, 5) is 39.7. The van der Waals surface area contributed by atoms with E-state index in [1.54, 1.807) is 37.2 Å². The lowest BCUT2D eigenvalue weighted by atomic mass is 9.68. The molecule has 1 unspecified atom stereocenters. The van der Waals surface area contributed by atoms with Crippen molar-refractivity contribution in [2.75, 3.05) is 36.0 Å². The molecule has 2 heterocycles. The van der Waals surface area contributed by atoms with E-state index in [0.717, 1.165) is 12.1 Å². The van der Waals surface area contributed by atoms with Crippen molar-refractivity contribution in [2.45, 2.75) is 106 Å². The second kappa shape index (κ2) is 20.8. The summed E-state index contributed by atoms with van der Waals surface area (Å²) in [5, 5.41) is 11.4. The van der Waals surface area contributed by atoms with Crippen LogP contribution in [0.3, 0.4) is 0 Å². The van der Waals surface area contributed by atoms with Crippen LogP contribution in [0, 0.1) is 5.41 Å². The fourth-order valence-corrected chi connectivity index (χ4v) is 11.2. The van der Waals surface area contributed by atoms with Gasteiger partial charge in [0.25, 0.3) is 36.1 Å². The van der Waals surface area contributed by atoms with Crippen LogP contribution in [0.5, 0.6) is 0 Å². The molecule has 1 amide bonds. The monoisotopic (exact) mass is 1080 g/mol. The van der Waals surface area contributed by atoms with Crippen LogP contribution in [0.4, 0.5) is 24.5 Å². The molecule has 1 aliphatic carbocycles. The highest BCUT2D eigenvalue weighted by Gasteiger charge is 2.58. The van der Waals surface area contributed by atoms with Crippen molar-refractivity contribution < 1.29 is 89.1 Å². The van der Waals surface area contributed by atoms with Gasteiger partial charge in [0.05, 0.1) is 31.1 Å². The number of carboxylic acids is 1. The molecule has 2 aromatic carbocycles. The molecule has 0 saturated heterocycles. The summed E-state index contributed by atoms with van der Waals surface area (Å²) < 4.78 is 182. The van der Waals surface area contributed by atoms with Crippen LogP contribution in [0.1, 0.15) is 90.2 Å². The zero-order chi connectivity index (χ0) is 53.3. The van der Waals surface area contributed by atoms with Crippen LogP contribution in [-0.4, -0.2) is 122 Å². The molecule has 0 spiro atoms. The Kier molecular flexibility index (Phi) is 16.6. The molecule has 1 atom stereocenters. The SMILES string of the molecule is CC1(C)C(=CC=C2C=C(C=CC3=[N+](CCCS(=O)(=O)[O-])c4ccc(S(=O)(=O)O)cc4C3(C)C)CC(C(=O)NCCCCCC(=O)O)(C(=O)C(F)(F)F)C2)N(CCCS(=O)(=O)O)c2ccc(S(=O)(=O)O)cc21. The Morgan fingerprint density at radius 3 is 1.99 bits per heavy atom. The number of hydrogen-bond acceptors (Lipinski definition) is 13. The third-order valence-corrected chi connectivity index (χ3v) is 15.9. The zero-order valence-electron chi connectivity index (χ0n) is 38.9. The number of benzene rings is 2. The molecule has 0 bridgehead atoms. The molecular formula is C45H54F3N3O16S4. The molecule has 19 nitrogen and oxygen atoms in total. The first-order valence-electron chi connectivity index (χ1n) is 22.0. The predicted octanol–water partition coefficient (Wildman–Crippen LogP) is 5.53. The molecular weight excluding hydrogens is 1020 g/mol. The van der Waals surface area contributed by atoms with E-state index < -0.39 is 115 Å². The Morgan fingerprint density at radius 2 is 1.41 bits per heavy atom. The first-order valence-corrected chi connectivity index (χ1v) is 28.0. The smallest absolute Gasteiger partial charge is 0.451 e. The van der Waals surface area contributed by atoms with Crippen LogP contribution in [0.2, 0.25) is 0 Å². The molecule has 0 radical (unpaired) electrons. The molecule has 3 aliphatic rings. The number of alkyl halides is 3. The van der Waals surface area contributed by atoms with Gasteiger partial charge >= 0.3 is 12.1 Å². The number of rotatable bonds is 21. The van der Waals surface area contributed by atoms with Crippen LogP contribution in [0.15, 0.2) is 93.4 Å². The minimum Gasteiger partial charge on any atom is -0.748 e. The Hall–Kier alpha value is -5.09. The summed E-state index contributed by atoms with van der Waals surface area (Å²) in [6, 6.07) is 7.29. The molecule has 0 aromatic heterocycles. The summed E-state index contributed by atoms with van der Waals surface area (Å²) in [7, 11) is -18.6. The minimum absolute atomic E-state index is 0.0184. The number of anilines is 1. The van der Waals surface area contributed by atoms with E-state index in [-0.39, 0.29) is 69.3 Å². The minimum atomic E-state index is -5.58. The molecule has 2 aliphatic heterocycles. The highest BCUT2D eigenvalue weighted by Crippen LogP contribution is 2.50. The molecule has 26 heteroatoms. The summed E-state index contributed by atoms with van der Waals surface area (Å²) >= 11 is 0. The molecule has 390 valence electrons. The zero-order valence-corrected chi connectivity index (χ0v) is 42.2. The van der Waals surface area contributed by atoms with E-state index in [2.05, 4.69) is 5.32 Å². The van der Waals surface area contributed by atoms with Gasteiger partial charge in [0.2, 0.25) is 11.6 Å². The van der Waals surface area contributed by atoms with Gasteiger partial charge in [0, 0.05) is 66.2 Å². The van der Waals surface area contributed by atoms with E-state index in [0.29, 0.717) is 33.9 Å². The van der Waals surface area contributed by atoms with Crippen molar-refractivity contribution in [1.29, 1.82) is 0 Å². The van der Waals surface area contributed by atoms with Crippen LogP contribution >= 0.6 is 0 Å². The number of amides is 1. The maximum Gasteiger partial charge on any atom is 0.451 e. The maximum absolute atomic E-state index is 14.8. The first kappa shape index (κ1) is 56.8.